The van der Waals surface area contributed by atoms with E-state index >= 15 is 0 Å². The molecule has 0 saturated carbocycles. The summed E-state index contributed by atoms with van der Waals surface area (Å²) >= 11 is 0. The Kier molecular flexibility index (Phi) is 15.8. The third kappa shape index (κ3) is 54.1. The second kappa shape index (κ2) is 6.78. The maximum absolute atomic E-state index is 8.88. The average molecular weight is 378 g/mol. The molecule has 4 nitrogen and oxygen atoms in total. The summed E-state index contributed by atoms with van der Waals surface area (Å²) < 4.78 is 8.88. The van der Waals surface area contributed by atoms with Crippen LogP contribution in [-0.4, -0.2) is 14.7 Å². The second-order valence-corrected chi connectivity index (χ2v) is 1.54. The first-order valence-electron chi connectivity index (χ1n) is 0.783. The van der Waals surface area contributed by atoms with E-state index in [0.29, 0.717) is 0 Å². The van der Waals surface area contributed by atoms with Crippen LogP contribution >= 0.6 is 7.82 Å². The molecule has 0 aliphatic carbocycles. The summed E-state index contributed by atoms with van der Waals surface area (Å²) in [6, 6.07) is 0. The van der Waals surface area contributed by atoms with Crippen LogP contribution in [0, 0.1) is 76.9 Å². The molecule has 0 unspecified atom stereocenters. The van der Waals surface area contributed by atoms with Crippen molar-refractivity contribution in [3.8, 4) is 0 Å². The van der Waals surface area contributed by atoms with Crippen LogP contribution in [0.25, 0.3) is 0 Å². The molecule has 0 amide bonds. The van der Waals surface area contributed by atoms with Crippen molar-refractivity contribution in [2.45, 2.75) is 0 Å². The Bertz CT molecular complexity index is 57.8. The minimum absolute atomic E-state index is 0. The minimum atomic E-state index is -4.64. The Hall–Kier alpha value is 2.67. The zero-order valence-electron chi connectivity index (χ0n) is 3.35. The second-order valence-electron chi connectivity index (χ2n) is 0.513. The van der Waals surface area contributed by atoms with Crippen molar-refractivity contribution in [1.29, 1.82) is 0 Å². The van der Waals surface area contributed by atoms with Crippen LogP contribution in [0.15, 0.2) is 0 Å². The van der Waals surface area contributed by atoms with Crippen molar-refractivity contribution >= 4 is 7.82 Å². The van der Waals surface area contributed by atoms with Gasteiger partial charge in [-0.1, -0.05) is 0 Å². The third-order valence-electron chi connectivity index (χ3n) is 0. The zero-order valence-corrected chi connectivity index (χ0v) is 11.6. The van der Waals surface area contributed by atoms with Crippen molar-refractivity contribution in [1.82, 2.24) is 0 Å². The molecule has 0 saturated heterocycles. The summed E-state index contributed by atoms with van der Waals surface area (Å²) in [6.45, 7) is 0. The fraction of sp³-hybridized carbons (Fsp3) is 0. The van der Waals surface area contributed by atoms with E-state index in [9.17, 15) is 0 Å². The molecule has 3 N–H and O–H groups in total. The van der Waals surface area contributed by atoms with Gasteiger partial charge in [0.1, 0.15) is 0 Å². The molecule has 2 radical (unpaired) electrons. The molecule has 0 aromatic carbocycles. The van der Waals surface area contributed by atoms with Crippen molar-refractivity contribution in [2.75, 3.05) is 0 Å². The number of phosphoric acid groups is 1. The van der Waals surface area contributed by atoms with Gasteiger partial charge in [0, 0.05) is 76.9 Å². The van der Waals surface area contributed by atoms with Gasteiger partial charge in [-0.25, -0.2) is 4.57 Å². The van der Waals surface area contributed by atoms with Crippen LogP contribution in [0.1, 0.15) is 0 Å². The van der Waals surface area contributed by atoms with E-state index in [1.807, 2.05) is 0 Å². The monoisotopic (exact) mass is 378 g/mol. The largest absolute Gasteiger partial charge is 0.466 e. The Morgan fingerprint density at radius 1 is 1.14 bits per heavy atom. The van der Waals surface area contributed by atoms with E-state index in [2.05, 4.69) is 0 Å². The third-order valence-corrected chi connectivity index (χ3v) is 0. The number of rotatable bonds is 0. The van der Waals surface area contributed by atoms with Crippen molar-refractivity contribution in [3.05, 3.63) is 0 Å². The number of hydrogen-bond acceptors (Lipinski definition) is 1. The Balaban J connectivity index is -0.0000000800. The predicted molar refractivity (Wildman–Crippen MR) is 14.3 cm³/mol. The smallest absolute Gasteiger partial charge is 0.303 e. The van der Waals surface area contributed by atoms with Crippen LogP contribution in [-0.2, 0) is 4.57 Å². The fourth-order valence-corrected chi connectivity index (χ4v) is 0. The molecule has 0 aliphatic rings. The zero-order chi connectivity index (χ0) is 4.50. The molecule has 0 aromatic rings. The minimum Gasteiger partial charge on any atom is -0.303 e. The van der Waals surface area contributed by atoms with Gasteiger partial charge < -0.3 is 14.7 Å². The Morgan fingerprint density at radius 3 is 1.14 bits per heavy atom. The molecule has 0 atom stereocenters. The summed E-state index contributed by atoms with van der Waals surface area (Å²) in [5.41, 5.74) is 0. The van der Waals surface area contributed by atoms with Crippen LogP contribution < -0.4 is 0 Å². The normalized spacial score (nSPS) is 8.43. The summed E-state index contributed by atoms with van der Waals surface area (Å²) in [4.78, 5) is 21.6. The van der Waals surface area contributed by atoms with Crippen molar-refractivity contribution in [3.63, 3.8) is 0 Å². The van der Waals surface area contributed by atoms with Gasteiger partial charge in [0.15, 0.2) is 0 Å². The molecule has 0 rings (SSSR count). The SMILES string of the molecule is O=P(O)(O)O.[La].[Pr]. The number of hydrogen-bond donors (Lipinski definition) is 3. The maximum atomic E-state index is 8.88. The quantitative estimate of drug-likeness (QED) is 0.477. The van der Waals surface area contributed by atoms with E-state index in [1.165, 1.54) is 0 Å². The summed E-state index contributed by atoms with van der Waals surface area (Å²) in [5, 5.41) is 0. The molecule has 0 spiro atoms. The van der Waals surface area contributed by atoms with Gasteiger partial charge >= 0.3 is 7.82 Å². The molecule has 0 fully saturated rings. The van der Waals surface area contributed by atoms with E-state index in [0.717, 1.165) is 0 Å². The first-order chi connectivity index (χ1) is 2.00. The van der Waals surface area contributed by atoms with E-state index in [1.54, 1.807) is 0 Å². The molecule has 0 aliphatic heterocycles. The molecular weight excluding hydrogens is 375 g/mol. The first kappa shape index (κ1) is 16.3. The van der Waals surface area contributed by atoms with Gasteiger partial charge in [0.2, 0.25) is 0 Å². The molecule has 7 heteroatoms. The molecule has 0 heterocycles. The van der Waals surface area contributed by atoms with Gasteiger partial charge in [-0.05, 0) is 0 Å². The van der Waals surface area contributed by atoms with Gasteiger partial charge in [-0.15, -0.1) is 0 Å². The van der Waals surface area contributed by atoms with E-state index in [-0.39, 0.29) is 76.9 Å². The molecular formula is H3LaO4PPr. The van der Waals surface area contributed by atoms with Gasteiger partial charge in [-0.3, -0.25) is 0 Å². The van der Waals surface area contributed by atoms with Gasteiger partial charge in [0.05, 0.1) is 0 Å². The maximum Gasteiger partial charge on any atom is 0.466 e. The predicted octanol–water partition coefficient (Wildman–Crippen LogP) is -0.929. The van der Waals surface area contributed by atoms with Gasteiger partial charge in [-0.2, -0.15) is 0 Å². The molecule has 0 aromatic heterocycles. The Labute approximate surface area is 102 Å². The summed E-state index contributed by atoms with van der Waals surface area (Å²) in [6.07, 6.45) is 0. The summed E-state index contributed by atoms with van der Waals surface area (Å²) in [7, 11) is -4.64. The molecule has 7 heavy (non-hydrogen) atoms. The fourth-order valence-electron chi connectivity index (χ4n) is 0. The van der Waals surface area contributed by atoms with Crippen molar-refractivity contribution < 1.29 is 96.1 Å². The van der Waals surface area contributed by atoms with Crippen LogP contribution in [0.2, 0.25) is 0 Å². The van der Waals surface area contributed by atoms with Crippen LogP contribution in [0.5, 0.6) is 0 Å². The average Bonchev–Trinajstić information content (AvgIpc) is 0.722. The first-order valence-corrected chi connectivity index (χ1v) is 2.35. The topological polar surface area (TPSA) is 77.8 Å². The molecule has 0 bridgehead atoms. The van der Waals surface area contributed by atoms with Crippen molar-refractivity contribution in [2.24, 2.45) is 0 Å². The van der Waals surface area contributed by atoms with Crippen LogP contribution in [0.4, 0.5) is 0 Å². The summed E-state index contributed by atoms with van der Waals surface area (Å²) in [5.74, 6) is 0. The van der Waals surface area contributed by atoms with E-state index in [4.69, 9.17) is 19.2 Å². The van der Waals surface area contributed by atoms with Crippen LogP contribution in [0.3, 0.4) is 0 Å². The van der Waals surface area contributed by atoms with Gasteiger partial charge in [0.25, 0.3) is 0 Å². The standard InChI is InChI=1S/La.H3O4P.Pr/c;1-5(2,3)4;/h;(H3,1,2,3,4);. The van der Waals surface area contributed by atoms with E-state index < -0.39 is 7.82 Å². The Morgan fingerprint density at radius 2 is 1.14 bits per heavy atom. The molecule has 38 valence electrons.